The zero-order chi connectivity index (χ0) is 26.5. The molecule has 8 nitrogen and oxygen atoms in total. The quantitative estimate of drug-likeness (QED) is 0.529. The van der Waals surface area contributed by atoms with Gasteiger partial charge < -0.3 is 28.4 Å². The molecule has 0 N–H and O–H groups in total. The number of benzene rings is 2. The molecule has 4 fully saturated rings. The van der Waals surface area contributed by atoms with Crippen LogP contribution in [0.5, 0.6) is 0 Å². The van der Waals surface area contributed by atoms with Gasteiger partial charge in [0.25, 0.3) is 0 Å². The Kier molecular flexibility index (Phi) is 6.83. The molecule has 0 bridgehead atoms. The maximum atomic E-state index is 13.9. The number of esters is 1. The van der Waals surface area contributed by atoms with E-state index in [1.807, 2.05) is 64.1 Å². The highest BCUT2D eigenvalue weighted by atomic mass is 16.8. The molecular weight excluding hydrogens is 486 g/mol. The highest BCUT2D eigenvalue weighted by molar-refractivity contribution is 5.75. The van der Waals surface area contributed by atoms with Crippen LogP contribution in [-0.2, 0) is 39.8 Å². The molecule has 0 aliphatic carbocycles. The maximum absolute atomic E-state index is 13.9. The number of nitrogens with zero attached hydrogens (tertiary/aromatic N) is 1. The Bertz CT molecular complexity index is 1120. The van der Waals surface area contributed by atoms with E-state index >= 15 is 0 Å². The lowest BCUT2D eigenvalue weighted by Crippen LogP contribution is -2.46. The molecule has 38 heavy (non-hydrogen) atoms. The van der Waals surface area contributed by atoms with Crippen molar-refractivity contribution in [1.82, 2.24) is 4.90 Å². The average molecular weight is 524 g/mol. The lowest BCUT2D eigenvalue weighted by Gasteiger charge is -2.30. The summed E-state index contributed by atoms with van der Waals surface area (Å²) in [5.74, 6) is -2.12. The number of hydrogen-bond donors (Lipinski definition) is 0. The van der Waals surface area contributed by atoms with Crippen molar-refractivity contribution in [3.05, 3.63) is 71.8 Å². The lowest BCUT2D eigenvalue weighted by molar-refractivity contribution is -0.236. The van der Waals surface area contributed by atoms with Crippen LogP contribution in [0, 0.1) is 5.92 Å². The molecule has 2 aromatic rings. The van der Waals surface area contributed by atoms with Crippen molar-refractivity contribution in [3.63, 3.8) is 0 Å². The number of fused-ring (bicyclic) bond motifs is 1. The van der Waals surface area contributed by atoms with Crippen LogP contribution in [0.4, 0.5) is 0 Å². The fraction of sp³-hybridized carbons (Fsp3) is 0.567. The van der Waals surface area contributed by atoms with Crippen LogP contribution in [0.15, 0.2) is 60.7 Å². The van der Waals surface area contributed by atoms with E-state index in [1.54, 1.807) is 0 Å². The third-order valence-electron chi connectivity index (χ3n) is 7.85. The fourth-order valence-corrected chi connectivity index (χ4v) is 6.17. The second kappa shape index (κ2) is 10.0. The molecule has 4 aliphatic rings. The van der Waals surface area contributed by atoms with E-state index in [4.69, 9.17) is 28.4 Å². The molecule has 0 radical (unpaired) electrons. The normalized spacial score (nSPS) is 35.8. The van der Waals surface area contributed by atoms with E-state index in [-0.39, 0.29) is 17.8 Å². The molecule has 4 saturated heterocycles. The molecule has 204 valence electrons. The summed E-state index contributed by atoms with van der Waals surface area (Å²) in [5.41, 5.74) is 2.36. The first-order valence-corrected chi connectivity index (χ1v) is 13.5. The molecule has 0 spiro atoms. The minimum atomic E-state index is -0.830. The van der Waals surface area contributed by atoms with Crippen molar-refractivity contribution >= 4 is 5.97 Å². The largest absolute Gasteiger partial charge is 0.456 e. The summed E-state index contributed by atoms with van der Waals surface area (Å²) in [6.07, 6.45) is -2.79. The second-order valence-electron chi connectivity index (χ2n) is 11.6. The Hall–Kier alpha value is -2.33. The van der Waals surface area contributed by atoms with E-state index in [1.165, 1.54) is 5.56 Å². The Labute approximate surface area is 224 Å². The molecule has 2 aromatic carbocycles. The second-order valence-corrected chi connectivity index (χ2v) is 11.6. The van der Waals surface area contributed by atoms with E-state index < -0.39 is 42.3 Å². The molecule has 0 amide bonds. The Morgan fingerprint density at radius 2 is 1.61 bits per heavy atom. The minimum absolute atomic E-state index is 0.0196. The van der Waals surface area contributed by atoms with Crippen LogP contribution < -0.4 is 0 Å². The van der Waals surface area contributed by atoms with Crippen molar-refractivity contribution in [2.24, 2.45) is 5.92 Å². The van der Waals surface area contributed by atoms with Crippen LogP contribution in [-0.4, -0.2) is 72.8 Å². The number of likely N-dealkylation sites (tertiary alicyclic amines) is 1. The smallest absolute Gasteiger partial charge is 0.311 e. The van der Waals surface area contributed by atoms with Crippen molar-refractivity contribution in [3.8, 4) is 0 Å². The van der Waals surface area contributed by atoms with E-state index in [2.05, 4.69) is 29.2 Å². The van der Waals surface area contributed by atoms with E-state index in [0.29, 0.717) is 13.2 Å². The SMILES string of the molecule is CC1(C)O[C@@H]2O[C@H]([C@H]3COC(C)(C)O3)[C@H](OC(=O)[C@H]3CN(Cc4ccccc4)C[C@@H]3c3ccccc3)[C@@H]2O1. The van der Waals surface area contributed by atoms with Crippen molar-refractivity contribution < 1.29 is 33.2 Å². The average Bonchev–Trinajstić information content (AvgIpc) is 3.62. The van der Waals surface area contributed by atoms with Gasteiger partial charge in [-0.1, -0.05) is 60.7 Å². The van der Waals surface area contributed by atoms with Gasteiger partial charge in [-0.2, -0.15) is 0 Å². The van der Waals surface area contributed by atoms with Crippen molar-refractivity contribution in [2.75, 3.05) is 19.7 Å². The maximum Gasteiger partial charge on any atom is 0.311 e. The molecule has 0 saturated carbocycles. The van der Waals surface area contributed by atoms with Gasteiger partial charge in [-0.05, 0) is 38.8 Å². The lowest BCUT2D eigenvalue weighted by atomic mass is 9.89. The van der Waals surface area contributed by atoms with E-state index in [9.17, 15) is 4.79 Å². The summed E-state index contributed by atoms with van der Waals surface area (Å²) in [6, 6.07) is 20.6. The van der Waals surface area contributed by atoms with Crippen LogP contribution >= 0.6 is 0 Å². The highest BCUT2D eigenvalue weighted by Gasteiger charge is 2.60. The first-order chi connectivity index (χ1) is 18.2. The van der Waals surface area contributed by atoms with Gasteiger partial charge in [-0.3, -0.25) is 9.69 Å². The monoisotopic (exact) mass is 523 g/mol. The molecule has 0 unspecified atom stereocenters. The zero-order valence-electron chi connectivity index (χ0n) is 22.4. The molecule has 0 aromatic heterocycles. The number of ether oxygens (including phenoxy) is 6. The summed E-state index contributed by atoms with van der Waals surface area (Å²) in [6.45, 7) is 9.91. The predicted octanol–water partition coefficient (Wildman–Crippen LogP) is 3.84. The van der Waals surface area contributed by atoms with Gasteiger partial charge in [0.15, 0.2) is 30.1 Å². The molecular formula is C30H37NO7. The minimum Gasteiger partial charge on any atom is -0.456 e. The first-order valence-electron chi connectivity index (χ1n) is 13.5. The molecule has 4 aliphatic heterocycles. The standard InChI is InChI=1S/C30H37NO7/c1-29(2)33-18-23(36-29)24-25(26-28(35-24)38-30(3,4)37-26)34-27(32)22-17-31(15-19-11-7-5-8-12-19)16-21(22)20-13-9-6-10-14-20/h5-14,21-26,28H,15-18H2,1-4H3/t21-,22+,23-,24-,25+,26+,28+/m1/s1. The Morgan fingerprint density at radius 3 is 2.29 bits per heavy atom. The van der Waals surface area contributed by atoms with Crippen molar-refractivity contribution in [2.45, 2.75) is 82.4 Å². The van der Waals surface area contributed by atoms with Gasteiger partial charge in [-0.25, -0.2) is 0 Å². The topological polar surface area (TPSA) is 75.7 Å². The Morgan fingerprint density at radius 1 is 0.895 bits per heavy atom. The highest BCUT2D eigenvalue weighted by Crippen LogP contribution is 2.43. The number of carbonyl (C=O) groups excluding carboxylic acids is 1. The summed E-state index contributed by atoms with van der Waals surface area (Å²) >= 11 is 0. The van der Waals surface area contributed by atoms with Gasteiger partial charge in [0.05, 0.1) is 12.5 Å². The van der Waals surface area contributed by atoms with E-state index in [0.717, 1.165) is 18.7 Å². The van der Waals surface area contributed by atoms with Crippen LogP contribution in [0.25, 0.3) is 0 Å². The van der Waals surface area contributed by atoms with Crippen LogP contribution in [0.3, 0.4) is 0 Å². The summed E-state index contributed by atoms with van der Waals surface area (Å²) in [4.78, 5) is 16.3. The zero-order valence-corrected chi connectivity index (χ0v) is 22.4. The molecule has 4 heterocycles. The van der Waals surface area contributed by atoms with Crippen LogP contribution in [0.2, 0.25) is 0 Å². The molecule has 7 atom stereocenters. The summed E-state index contributed by atoms with van der Waals surface area (Å²) in [5, 5.41) is 0. The summed E-state index contributed by atoms with van der Waals surface area (Å²) in [7, 11) is 0. The number of hydrogen-bond acceptors (Lipinski definition) is 8. The van der Waals surface area contributed by atoms with Gasteiger partial charge in [-0.15, -0.1) is 0 Å². The van der Waals surface area contributed by atoms with Gasteiger partial charge in [0, 0.05) is 25.6 Å². The molecule has 6 rings (SSSR count). The number of rotatable bonds is 6. The third kappa shape index (κ3) is 5.26. The van der Waals surface area contributed by atoms with Crippen LogP contribution in [0.1, 0.15) is 44.7 Å². The van der Waals surface area contributed by atoms with Gasteiger partial charge in [0.1, 0.15) is 12.2 Å². The third-order valence-corrected chi connectivity index (χ3v) is 7.85. The predicted molar refractivity (Wildman–Crippen MR) is 138 cm³/mol. The first kappa shape index (κ1) is 25.9. The van der Waals surface area contributed by atoms with Gasteiger partial charge in [0.2, 0.25) is 0 Å². The fourth-order valence-electron chi connectivity index (χ4n) is 6.17. The van der Waals surface area contributed by atoms with Gasteiger partial charge >= 0.3 is 5.97 Å². The Balaban J connectivity index is 1.23. The number of carbonyl (C=O) groups is 1. The summed E-state index contributed by atoms with van der Waals surface area (Å²) < 4.78 is 36.6. The molecule has 8 heteroatoms. The van der Waals surface area contributed by atoms with Crippen molar-refractivity contribution in [1.29, 1.82) is 0 Å².